The second-order valence-electron chi connectivity index (χ2n) is 7.36. The van der Waals surface area contributed by atoms with E-state index in [9.17, 15) is 0 Å². The minimum absolute atomic E-state index is 0.189. The Hall–Kier alpha value is -0.860. The lowest BCUT2D eigenvalue weighted by molar-refractivity contribution is 0.0900. The summed E-state index contributed by atoms with van der Waals surface area (Å²) in [5.74, 6) is 0.718. The van der Waals surface area contributed by atoms with Gasteiger partial charge in [0, 0.05) is 24.7 Å². The first kappa shape index (κ1) is 15.1. The molecule has 2 heteroatoms. The Kier molecular flexibility index (Phi) is 4.66. The summed E-state index contributed by atoms with van der Waals surface area (Å²) in [5, 5.41) is 0. The molecule has 2 atom stereocenters. The molecule has 2 unspecified atom stereocenters. The van der Waals surface area contributed by atoms with Crippen molar-refractivity contribution in [1.82, 2.24) is 4.90 Å². The van der Waals surface area contributed by atoms with Crippen molar-refractivity contribution < 1.29 is 0 Å². The van der Waals surface area contributed by atoms with Gasteiger partial charge in [-0.15, -0.1) is 0 Å². The van der Waals surface area contributed by atoms with Gasteiger partial charge in [-0.1, -0.05) is 51.0 Å². The molecule has 116 valence electrons. The molecule has 2 nitrogen and oxygen atoms in total. The van der Waals surface area contributed by atoms with Crippen LogP contribution in [0.2, 0.25) is 0 Å². The zero-order valence-electron chi connectivity index (χ0n) is 13.6. The Bertz CT molecular complexity index is 462. The van der Waals surface area contributed by atoms with Crippen LogP contribution in [0.25, 0.3) is 0 Å². The van der Waals surface area contributed by atoms with Crippen LogP contribution in [0.4, 0.5) is 0 Å². The number of nitrogens with two attached hydrogens (primary N) is 1. The maximum absolute atomic E-state index is 6.69. The number of rotatable bonds is 4. The van der Waals surface area contributed by atoms with Crippen LogP contribution in [0.5, 0.6) is 0 Å². The maximum atomic E-state index is 6.69. The minimum atomic E-state index is 0.189. The van der Waals surface area contributed by atoms with Crippen LogP contribution in [0.15, 0.2) is 24.3 Å². The number of hydrogen-bond donors (Lipinski definition) is 1. The number of nitrogens with zero attached hydrogens (tertiary/aromatic N) is 1. The van der Waals surface area contributed by atoms with Crippen LogP contribution >= 0.6 is 0 Å². The topological polar surface area (TPSA) is 29.3 Å². The van der Waals surface area contributed by atoms with Crippen molar-refractivity contribution in [2.24, 2.45) is 11.7 Å². The van der Waals surface area contributed by atoms with Crippen LogP contribution in [0.3, 0.4) is 0 Å². The van der Waals surface area contributed by atoms with E-state index in [1.54, 1.807) is 0 Å². The van der Waals surface area contributed by atoms with Crippen molar-refractivity contribution in [2.75, 3.05) is 6.54 Å². The number of aryl methyl sites for hydroxylation is 1. The first-order valence-electron chi connectivity index (χ1n) is 8.76. The molecule has 2 aliphatic carbocycles. The van der Waals surface area contributed by atoms with Crippen LogP contribution in [-0.2, 0) is 6.42 Å². The molecule has 0 bridgehead atoms. The second-order valence-corrected chi connectivity index (χ2v) is 7.36. The molecule has 2 N–H and O–H groups in total. The van der Waals surface area contributed by atoms with Gasteiger partial charge in [0.05, 0.1) is 0 Å². The highest BCUT2D eigenvalue weighted by molar-refractivity contribution is 5.33. The van der Waals surface area contributed by atoms with E-state index in [2.05, 4.69) is 43.0 Å². The molecular weight excluding hydrogens is 256 g/mol. The first-order chi connectivity index (χ1) is 10.2. The summed E-state index contributed by atoms with van der Waals surface area (Å²) in [6.07, 6.45) is 7.96. The number of fused-ring (bicyclic) bond motifs is 1. The van der Waals surface area contributed by atoms with E-state index in [0.29, 0.717) is 6.04 Å². The van der Waals surface area contributed by atoms with E-state index in [-0.39, 0.29) is 6.04 Å². The second kappa shape index (κ2) is 6.50. The molecule has 0 aromatic heterocycles. The molecule has 0 aliphatic heterocycles. The van der Waals surface area contributed by atoms with Gasteiger partial charge in [-0.25, -0.2) is 0 Å². The van der Waals surface area contributed by atoms with Crippen molar-refractivity contribution in [3.63, 3.8) is 0 Å². The van der Waals surface area contributed by atoms with Gasteiger partial charge in [-0.2, -0.15) is 0 Å². The Morgan fingerprint density at radius 2 is 1.86 bits per heavy atom. The van der Waals surface area contributed by atoms with Crippen LogP contribution in [-0.4, -0.2) is 23.5 Å². The number of hydrogen-bond acceptors (Lipinski definition) is 2. The number of benzene rings is 1. The van der Waals surface area contributed by atoms with Crippen LogP contribution < -0.4 is 5.73 Å². The van der Waals surface area contributed by atoms with Crippen molar-refractivity contribution in [2.45, 2.75) is 70.5 Å². The molecule has 0 heterocycles. The molecule has 1 aromatic rings. The minimum Gasteiger partial charge on any atom is -0.323 e. The molecule has 2 aliphatic rings. The van der Waals surface area contributed by atoms with Crippen molar-refractivity contribution in [3.8, 4) is 0 Å². The highest BCUT2D eigenvalue weighted by Gasteiger charge is 2.35. The third-order valence-electron chi connectivity index (χ3n) is 5.33. The van der Waals surface area contributed by atoms with Gasteiger partial charge in [-0.05, 0) is 42.7 Å². The summed E-state index contributed by atoms with van der Waals surface area (Å²) in [6, 6.07) is 10.3. The normalized spacial score (nSPS) is 26.5. The maximum Gasteiger partial charge on any atom is 0.0456 e. The summed E-state index contributed by atoms with van der Waals surface area (Å²) < 4.78 is 0. The van der Waals surface area contributed by atoms with Crippen molar-refractivity contribution in [1.29, 1.82) is 0 Å². The van der Waals surface area contributed by atoms with Gasteiger partial charge < -0.3 is 5.73 Å². The molecule has 21 heavy (non-hydrogen) atoms. The highest BCUT2D eigenvalue weighted by Crippen LogP contribution is 2.35. The van der Waals surface area contributed by atoms with Gasteiger partial charge in [0.2, 0.25) is 0 Å². The lowest BCUT2D eigenvalue weighted by atomic mass is 9.83. The fraction of sp³-hybridized carbons (Fsp3) is 0.684. The Morgan fingerprint density at radius 3 is 2.57 bits per heavy atom. The summed E-state index contributed by atoms with van der Waals surface area (Å²) in [6.45, 7) is 5.87. The van der Waals surface area contributed by atoms with Gasteiger partial charge in [0.15, 0.2) is 0 Å². The summed E-state index contributed by atoms with van der Waals surface area (Å²) in [4.78, 5) is 2.78. The SMILES string of the molecule is CC(C)CN(C1CCCC1)C1CCc2ccccc2C1N. The molecule has 1 saturated carbocycles. The third kappa shape index (κ3) is 3.17. The van der Waals surface area contributed by atoms with Crippen molar-refractivity contribution >= 4 is 0 Å². The monoisotopic (exact) mass is 286 g/mol. The summed E-state index contributed by atoms with van der Waals surface area (Å²) in [7, 11) is 0. The molecule has 1 fully saturated rings. The Balaban J connectivity index is 1.82. The van der Waals surface area contributed by atoms with Gasteiger partial charge in [-0.3, -0.25) is 4.90 Å². The van der Waals surface area contributed by atoms with E-state index in [1.807, 2.05) is 0 Å². The van der Waals surface area contributed by atoms with Crippen molar-refractivity contribution in [3.05, 3.63) is 35.4 Å². The zero-order chi connectivity index (χ0) is 14.8. The van der Waals surface area contributed by atoms with Gasteiger partial charge in [0.25, 0.3) is 0 Å². The lowest BCUT2D eigenvalue weighted by Crippen LogP contribution is -2.50. The van der Waals surface area contributed by atoms with Crippen LogP contribution in [0, 0.1) is 5.92 Å². The van der Waals surface area contributed by atoms with E-state index in [1.165, 1.54) is 56.2 Å². The average molecular weight is 286 g/mol. The Morgan fingerprint density at radius 1 is 1.14 bits per heavy atom. The smallest absolute Gasteiger partial charge is 0.0456 e. The molecule has 0 spiro atoms. The van der Waals surface area contributed by atoms with Gasteiger partial charge in [0.1, 0.15) is 0 Å². The molecule has 0 radical (unpaired) electrons. The Labute approximate surface area is 129 Å². The predicted molar refractivity (Wildman–Crippen MR) is 89.3 cm³/mol. The third-order valence-corrected chi connectivity index (χ3v) is 5.33. The molecule has 3 rings (SSSR count). The van der Waals surface area contributed by atoms with Crippen LogP contribution in [0.1, 0.15) is 63.1 Å². The fourth-order valence-corrected chi connectivity index (χ4v) is 4.36. The average Bonchev–Trinajstić information content (AvgIpc) is 3.00. The largest absolute Gasteiger partial charge is 0.323 e. The van der Waals surface area contributed by atoms with Gasteiger partial charge >= 0.3 is 0 Å². The quantitative estimate of drug-likeness (QED) is 0.909. The first-order valence-corrected chi connectivity index (χ1v) is 8.76. The molecule has 0 amide bonds. The molecular formula is C19H30N2. The zero-order valence-corrected chi connectivity index (χ0v) is 13.6. The van der Waals surface area contributed by atoms with E-state index in [4.69, 9.17) is 5.73 Å². The fourth-order valence-electron chi connectivity index (χ4n) is 4.36. The highest BCUT2D eigenvalue weighted by atomic mass is 15.2. The predicted octanol–water partition coefficient (Wildman–Crippen LogP) is 3.90. The van der Waals surface area contributed by atoms with E-state index in [0.717, 1.165) is 12.0 Å². The molecule has 0 saturated heterocycles. The standard InChI is InChI=1S/C19H30N2/c1-14(2)13-21(16-8-4-5-9-16)18-12-11-15-7-3-6-10-17(15)19(18)20/h3,6-7,10,14,16,18-19H,4-5,8-9,11-13,20H2,1-2H3. The molecule has 1 aromatic carbocycles. The lowest BCUT2D eigenvalue weighted by Gasteiger charge is -2.43. The van der Waals surface area contributed by atoms with E-state index < -0.39 is 0 Å². The van der Waals surface area contributed by atoms with E-state index >= 15 is 0 Å². The summed E-state index contributed by atoms with van der Waals surface area (Å²) >= 11 is 0. The summed E-state index contributed by atoms with van der Waals surface area (Å²) in [5.41, 5.74) is 9.55.